The van der Waals surface area contributed by atoms with Crippen LogP contribution in [0.25, 0.3) is 22.2 Å². The van der Waals surface area contributed by atoms with E-state index in [4.69, 9.17) is 4.74 Å². The fourth-order valence-electron chi connectivity index (χ4n) is 5.13. The van der Waals surface area contributed by atoms with Crippen molar-refractivity contribution in [2.45, 2.75) is 63.8 Å². The van der Waals surface area contributed by atoms with E-state index in [-0.39, 0.29) is 35.5 Å². The van der Waals surface area contributed by atoms with Gasteiger partial charge in [0.15, 0.2) is 5.82 Å². The Kier molecular flexibility index (Phi) is 6.93. The van der Waals surface area contributed by atoms with Crippen LogP contribution in [0.5, 0.6) is 5.75 Å². The summed E-state index contributed by atoms with van der Waals surface area (Å²) in [7, 11) is 0. The summed E-state index contributed by atoms with van der Waals surface area (Å²) in [6.07, 6.45) is 3.32. The van der Waals surface area contributed by atoms with Crippen LogP contribution in [-0.2, 0) is 11.2 Å². The number of pyridine rings is 1. The molecule has 0 aliphatic heterocycles. The second kappa shape index (κ2) is 10.4. The summed E-state index contributed by atoms with van der Waals surface area (Å²) >= 11 is 0. The highest BCUT2D eigenvalue weighted by atomic mass is 19.1. The van der Waals surface area contributed by atoms with Gasteiger partial charge < -0.3 is 20.3 Å². The number of nitrogens with zero attached hydrogens (tertiary/aromatic N) is 3. The highest BCUT2D eigenvalue weighted by Crippen LogP contribution is 2.46. The minimum absolute atomic E-state index is 0.0647. The molecule has 218 valence electrons. The molecule has 1 unspecified atom stereocenters. The third-order valence-electron chi connectivity index (χ3n) is 7.81. The molecule has 0 radical (unpaired) electrons. The van der Waals surface area contributed by atoms with Gasteiger partial charge in [0.2, 0.25) is 0 Å². The molecule has 42 heavy (non-hydrogen) atoms. The molecule has 10 heteroatoms. The number of benzene rings is 2. The first kappa shape index (κ1) is 28.1. The first-order valence-electron chi connectivity index (χ1n) is 14.1. The van der Waals surface area contributed by atoms with Crippen molar-refractivity contribution in [2.75, 3.05) is 6.54 Å². The molecule has 2 aromatic heterocycles. The number of aliphatic hydroxyl groups is 2. The van der Waals surface area contributed by atoms with E-state index in [0.717, 1.165) is 12.8 Å². The molecular weight excluding hydrogens is 542 g/mol. The quantitative estimate of drug-likeness (QED) is 0.255. The summed E-state index contributed by atoms with van der Waals surface area (Å²) < 4.78 is 35.3. The van der Waals surface area contributed by atoms with Gasteiger partial charge in [-0.25, -0.2) is 13.8 Å². The van der Waals surface area contributed by atoms with E-state index in [9.17, 15) is 19.4 Å². The van der Waals surface area contributed by atoms with Crippen molar-refractivity contribution < 1.29 is 28.5 Å². The Morgan fingerprint density at radius 3 is 2.38 bits per heavy atom. The van der Waals surface area contributed by atoms with Crippen LogP contribution in [-0.4, -0.2) is 44.0 Å². The second-order valence-corrected chi connectivity index (χ2v) is 11.9. The largest absolute Gasteiger partial charge is 0.488 e. The van der Waals surface area contributed by atoms with Crippen LogP contribution in [0.15, 0.2) is 48.5 Å². The van der Waals surface area contributed by atoms with Crippen LogP contribution in [0.1, 0.15) is 66.8 Å². The van der Waals surface area contributed by atoms with Crippen LogP contribution in [0, 0.1) is 24.5 Å². The van der Waals surface area contributed by atoms with Gasteiger partial charge in [-0.1, -0.05) is 0 Å². The lowest BCUT2D eigenvalue weighted by Gasteiger charge is -2.31. The summed E-state index contributed by atoms with van der Waals surface area (Å²) in [4.78, 5) is 18.0. The number of aromatic nitrogens is 3. The molecule has 8 nitrogen and oxygen atoms in total. The first-order chi connectivity index (χ1) is 19.9. The monoisotopic (exact) mass is 574 g/mol. The first-order valence-corrected chi connectivity index (χ1v) is 14.1. The molecular formula is C32H32F2N4O4. The van der Waals surface area contributed by atoms with Crippen LogP contribution >= 0.6 is 0 Å². The fourth-order valence-corrected chi connectivity index (χ4v) is 5.13. The Labute approximate surface area is 241 Å². The Morgan fingerprint density at radius 2 is 1.74 bits per heavy atom. The lowest BCUT2D eigenvalue weighted by Crippen LogP contribution is -2.43. The van der Waals surface area contributed by atoms with Gasteiger partial charge in [-0.05, 0) is 101 Å². The number of amides is 1. The maximum Gasteiger partial charge on any atom is 0.251 e. The molecule has 0 bridgehead atoms. The molecule has 2 saturated carbocycles. The lowest BCUT2D eigenvalue weighted by molar-refractivity contribution is 0.00864. The van der Waals surface area contributed by atoms with Crippen molar-refractivity contribution in [1.29, 1.82) is 0 Å². The third-order valence-corrected chi connectivity index (χ3v) is 7.81. The number of hydrogen-bond donors (Lipinski definition) is 3. The molecule has 0 spiro atoms. The van der Waals surface area contributed by atoms with E-state index in [1.807, 2.05) is 13.0 Å². The minimum atomic E-state index is -1.65. The molecule has 1 atom stereocenters. The van der Waals surface area contributed by atoms with Crippen LogP contribution < -0.4 is 10.1 Å². The predicted molar refractivity (Wildman–Crippen MR) is 152 cm³/mol. The number of aryl methyl sites for hydroxylation is 1. The van der Waals surface area contributed by atoms with E-state index in [2.05, 4.69) is 20.5 Å². The number of fused-ring (bicyclic) bond motifs is 1. The number of carbonyl (C=O) groups is 1. The van der Waals surface area contributed by atoms with Crippen molar-refractivity contribution in [3.05, 3.63) is 82.7 Å². The normalized spacial score (nSPS) is 16.7. The van der Waals surface area contributed by atoms with Gasteiger partial charge >= 0.3 is 0 Å². The van der Waals surface area contributed by atoms with E-state index >= 15 is 4.39 Å². The maximum absolute atomic E-state index is 15.7. The number of rotatable bonds is 9. The van der Waals surface area contributed by atoms with Gasteiger partial charge in [-0.3, -0.25) is 4.79 Å². The molecule has 2 aliphatic rings. The fraction of sp³-hybridized carbons (Fsp3) is 0.375. The van der Waals surface area contributed by atoms with Gasteiger partial charge in [0, 0.05) is 22.1 Å². The number of carbonyl (C=O) groups excluding carboxylic acids is 1. The molecule has 2 fully saturated rings. The number of nitrogens with one attached hydrogen (secondary N) is 1. The van der Waals surface area contributed by atoms with Gasteiger partial charge in [-0.2, -0.15) is 5.10 Å². The van der Waals surface area contributed by atoms with Gasteiger partial charge in [-0.15, -0.1) is 5.10 Å². The topological polar surface area (TPSA) is 117 Å². The van der Waals surface area contributed by atoms with Crippen molar-refractivity contribution in [2.24, 2.45) is 5.92 Å². The second-order valence-electron chi connectivity index (χ2n) is 11.9. The van der Waals surface area contributed by atoms with Gasteiger partial charge in [0.1, 0.15) is 28.4 Å². The average molecular weight is 575 g/mol. The molecule has 0 saturated heterocycles. The van der Waals surface area contributed by atoms with Crippen molar-refractivity contribution in [3.63, 3.8) is 0 Å². The van der Waals surface area contributed by atoms with Crippen molar-refractivity contribution >= 4 is 16.8 Å². The van der Waals surface area contributed by atoms with Gasteiger partial charge in [0.25, 0.3) is 5.91 Å². The molecule has 1 amide bonds. The van der Waals surface area contributed by atoms with Crippen LogP contribution in [0.2, 0.25) is 0 Å². The number of halogens is 2. The van der Waals surface area contributed by atoms with Crippen LogP contribution in [0.3, 0.4) is 0 Å². The minimum Gasteiger partial charge on any atom is -0.488 e. The lowest BCUT2D eigenvalue weighted by atomic mass is 9.87. The zero-order valence-corrected chi connectivity index (χ0v) is 23.6. The van der Waals surface area contributed by atoms with Crippen molar-refractivity contribution in [3.8, 4) is 17.0 Å². The molecule has 4 aromatic rings. The highest BCUT2D eigenvalue weighted by molar-refractivity contribution is 5.99. The molecule has 3 N–H and O–H groups in total. The smallest absolute Gasteiger partial charge is 0.251 e. The molecule has 2 heterocycles. The van der Waals surface area contributed by atoms with Gasteiger partial charge in [0.05, 0.1) is 29.6 Å². The molecule has 2 aliphatic carbocycles. The third kappa shape index (κ3) is 5.56. The zero-order valence-electron chi connectivity index (χ0n) is 23.6. The van der Waals surface area contributed by atoms with Crippen molar-refractivity contribution in [1.82, 2.24) is 20.5 Å². The summed E-state index contributed by atoms with van der Waals surface area (Å²) in [5.74, 6) is -1.46. The Bertz CT molecular complexity index is 1680. The van der Waals surface area contributed by atoms with E-state index < -0.39 is 28.7 Å². The Balaban J connectivity index is 1.35. The number of hydrogen-bond acceptors (Lipinski definition) is 7. The highest BCUT2D eigenvalue weighted by Gasteiger charge is 2.47. The molecule has 6 rings (SSSR count). The Hall–Kier alpha value is -4.02. The summed E-state index contributed by atoms with van der Waals surface area (Å²) in [6.45, 7) is 4.49. The average Bonchev–Trinajstić information content (AvgIpc) is 3.86. The molecule has 2 aromatic carbocycles. The van der Waals surface area contributed by atoms with E-state index in [0.29, 0.717) is 46.3 Å². The van der Waals surface area contributed by atoms with E-state index in [1.165, 1.54) is 44.2 Å². The number of ether oxygens (including phenoxy) is 1. The summed E-state index contributed by atoms with van der Waals surface area (Å²) in [6, 6.07) is 11.7. The predicted octanol–water partition coefficient (Wildman–Crippen LogP) is 5.07. The summed E-state index contributed by atoms with van der Waals surface area (Å²) in [5, 5.41) is 34.8. The zero-order chi connectivity index (χ0) is 29.8. The Morgan fingerprint density at radius 1 is 1.02 bits per heavy atom. The summed E-state index contributed by atoms with van der Waals surface area (Å²) in [5.41, 5.74) is -1.43. The maximum atomic E-state index is 15.7. The SMILES string of the molecule is Cc1cc2cc(C(=O)NCC(O)(c3cc(C(C)(C)O)c(F)c(-c4ccc(F)cc4)n3)C3CC3)cc(OC3CC3)c2nn1. The van der Waals surface area contributed by atoms with E-state index in [1.54, 1.807) is 12.1 Å². The van der Waals surface area contributed by atoms with Crippen LogP contribution in [0.4, 0.5) is 8.78 Å². The standard InChI is InChI=1S/C32H32F2N4O4/c1-17-12-19-13-20(14-25(28(19)38-37-17)42-23-10-11-23)30(39)35-16-32(41,21-6-7-21)26-15-24(31(2,3)40)27(34)29(36-26)18-4-8-22(33)9-5-18/h4-5,8-9,12-15,21,23,40-41H,6-7,10-11,16H2,1-3H3,(H,35,39).